The first-order valence-electron chi connectivity index (χ1n) is 3.66. The van der Waals surface area contributed by atoms with Crippen molar-refractivity contribution >= 4 is 0 Å². The molecule has 0 saturated carbocycles. The first kappa shape index (κ1) is 9.00. The Hall–Kier alpha value is -1.09. The maximum atomic E-state index is 13.0. The van der Waals surface area contributed by atoms with Gasteiger partial charge in [-0.25, -0.2) is 4.39 Å². The second-order valence-corrected chi connectivity index (χ2v) is 2.57. The van der Waals surface area contributed by atoms with Crippen LogP contribution in [0.25, 0.3) is 0 Å². The molecule has 0 aliphatic heterocycles. The molecular formula is C9H11FO2. The Bertz CT molecular complexity index is 271. The molecule has 3 heteroatoms. The van der Waals surface area contributed by atoms with Gasteiger partial charge in [0.15, 0.2) is 11.6 Å². The van der Waals surface area contributed by atoms with Gasteiger partial charge >= 0.3 is 0 Å². The van der Waals surface area contributed by atoms with Crippen molar-refractivity contribution in [2.24, 2.45) is 0 Å². The molecule has 0 aliphatic rings. The molecule has 1 N–H and O–H groups in total. The van der Waals surface area contributed by atoms with E-state index in [0.717, 1.165) is 0 Å². The molecule has 0 bridgehead atoms. The lowest BCUT2D eigenvalue weighted by Crippen LogP contribution is -1.94. The van der Waals surface area contributed by atoms with Crippen molar-refractivity contribution in [2.45, 2.75) is 13.0 Å². The SMILES string of the molecule is COc1ccc([C@H](C)O)cc1F. The van der Waals surface area contributed by atoms with Gasteiger partial charge in [0, 0.05) is 0 Å². The fourth-order valence-corrected chi connectivity index (χ4v) is 0.942. The average molecular weight is 170 g/mol. The first-order valence-corrected chi connectivity index (χ1v) is 3.66. The van der Waals surface area contributed by atoms with Gasteiger partial charge in [0.25, 0.3) is 0 Å². The molecule has 0 saturated heterocycles. The lowest BCUT2D eigenvalue weighted by atomic mass is 10.1. The van der Waals surface area contributed by atoms with Crippen LogP contribution in [0.2, 0.25) is 0 Å². The third-order valence-corrected chi connectivity index (χ3v) is 1.66. The van der Waals surface area contributed by atoms with E-state index in [9.17, 15) is 4.39 Å². The Balaban J connectivity index is 3.02. The zero-order valence-electron chi connectivity index (χ0n) is 7.04. The number of aliphatic hydroxyl groups excluding tert-OH is 1. The molecule has 1 aromatic carbocycles. The molecule has 1 aromatic rings. The van der Waals surface area contributed by atoms with Gasteiger partial charge < -0.3 is 9.84 Å². The molecule has 0 amide bonds. The summed E-state index contributed by atoms with van der Waals surface area (Å²) in [6, 6.07) is 4.40. The molecule has 12 heavy (non-hydrogen) atoms. The Morgan fingerprint density at radius 3 is 2.58 bits per heavy atom. The third kappa shape index (κ3) is 1.74. The molecule has 0 unspecified atom stereocenters. The van der Waals surface area contributed by atoms with Crippen LogP contribution in [0.4, 0.5) is 4.39 Å². The predicted molar refractivity (Wildman–Crippen MR) is 43.6 cm³/mol. The minimum absolute atomic E-state index is 0.194. The van der Waals surface area contributed by atoms with Crippen LogP contribution in [0.5, 0.6) is 5.75 Å². The number of aliphatic hydroxyl groups is 1. The number of halogens is 1. The van der Waals surface area contributed by atoms with Crippen LogP contribution in [0.1, 0.15) is 18.6 Å². The summed E-state index contributed by atoms with van der Waals surface area (Å²) >= 11 is 0. The minimum Gasteiger partial charge on any atom is -0.494 e. The van der Waals surface area contributed by atoms with E-state index < -0.39 is 11.9 Å². The van der Waals surface area contributed by atoms with Gasteiger partial charge in [-0.1, -0.05) is 6.07 Å². The summed E-state index contributed by atoms with van der Waals surface area (Å²) in [5.41, 5.74) is 0.549. The van der Waals surface area contributed by atoms with Crippen LogP contribution in [0.15, 0.2) is 18.2 Å². The van der Waals surface area contributed by atoms with Crippen molar-refractivity contribution < 1.29 is 14.2 Å². The second kappa shape index (κ2) is 3.54. The van der Waals surface area contributed by atoms with Crippen LogP contribution in [0, 0.1) is 5.82 Å². The van der Waals surface area contributed by atoms with Crippen molar-refractivity contribution in [2.75, 3.05) is 7.11 Å². The van der Waals surface area contributed by atoms with Crippen LogP contribution >= 0.6 is 0 Å². The smallest absolute Gasteiger partial charge is 0.165 e. The van der Waals surface area contributed by atoms with E-state index in [1.54, 1.807) is 13.0 Å². The summed E-state index contributed by atoms with van der Waals surface area (Å²) in [5, 5.41) is 9.10. The largest absolute Gasteiger partial charge is 0.494 e. The number of methoxy groups -OCH3 is 1. The van der Waals surface area contributed by atoms with Gasteiger partial charge in [-0.2, -0.15) is 0 Å². The molecule has 1 atom stereocenters. The van der Waals surface area contributed by atoms with Crippen LogP contribution in [-0.4, -0.2) is 12.2 Å². The minimum atomic E-state index is -0.648. The average Bonchev–Trinajstić information content (AvgIpc) is 2.04. The molecule has 0 spiro atoms. The highest BCUT2D eigenvalue weighted by molar-refractivity contribution is 5.30. The quantitative estimate of drug-likeness (QED) is 0.734. The molecule has 0 fully saturated rings. The highest BCUT2D eigenvalue weighted by atomic mass is 19.1. The van der Waals surface area contributed by atoms with E-state index in [2.05, 4.69) is 0 Å². The predicted octanol–water partition coefficient (Wildman–Crippen LogP) is 1.89. The number of hydrogen-bond donors (Lipinski definition) is 1. The Morgan fingerprint density at radius 1 is 1.50 bits per heavy atom. The summed E-state index contributed by atoms with van der Waals surface area (Å²) in [6.07, 6.45) is -0.648. The Kier molecular flexibility index (Phi) is 2.65. The van der Waals surface area contributed by atoms with Crippen molar-refractivity contribution in [3.05, 3.63) is 29.6 Å². The van der Waals surface area contributed by atoms with Gasteiger partial charge in [0.1, 0.15) is 0 Å². The van der Waals surface area contributed by atoms with Gasteiger partial charge in [0.2, 0.25) is 0 Å². The zero-order chi connectivity index (χ0) is 9.14. The van der Waals surface area contributed by atoms with Crippen LogP contribution in [-0.2, 0) is 0 Å². The van der Waals surface area contributed by atoms with Crippen molar-refractivity contribution in [3.63, 3.8) is 0 Å². The van der Waals surface area contributed by atoms with E-state index in [1.165, 1.54) is 19.2 Å². The summed E-state index contributed by atoms with van der Waals surface area (Å²) in [4.78, 5) is 0. The van der Waals surface area contributed by atoms with Gasteiger partial charge in [0.05, 0.1) is 13.2 Å². The van der Waals surface area contributed by atoms with Gasteiger partial charge in [-0.15, -0.1) is 0 Å². The number of hydrogen-bond acceptors (Lipinski definition) is 2. The van der Waals surface area contributed by atoms with E-state index in [-0.39, 0.29) is 5.75 Å². The third-order valence-electron chi connectivity index (χ3n) is 1.66. The highest BCUT2D eigenvalue weighted by Gasteiger charge is 2.06. The lowest BCUT2D eigenvalue weighted by Gasteiger charge is -2.06. The topological polar surface area (TPSA) is 29.5 Å². The summed E-state index contributed by atoms with van der Waals surface area (Å²) in [6.45, 7) is 1.58. The summed E-state index contributed by atoms with van der Waals surface area (Å²) in [5.74, 6) is -0.254. The molecule has 0 radical (unpaired) electrons. The first-order chi connectivity index (χ1) is 5.65. The standard InChI is InChI=1S/C9H11FO2/c1-6(11)7-3-4-9(12-2)8(10)5-7/h3-6,11H,1-2H3/t6-/m0/s1. The van der Waals surface area contributed by atoms with E-state index in [1.807, 2.05) is 0 Å². The fraction of sp³-hybridized carbons (Fsp3) is 0.333. The summed E-state index contributed by atoms with van der Waals surface area (Å²) < 4.78 is 17.7. The molecule has 2 nitrogen and oxygen atoms in total. The Labute approximate surface area is 70.6 Å². The molecule has 0 heterocycles. The molecule has 66 valence electrons. The van der Waals surface area contributed by atoms with Crippen LogP contribution < -0.4 is 4.74 Å². The van der Waals surface area contributed by atoms with E-state index >= 15 is 0 Å². The number of ether oxygens (including phenoxy) is 1. The van der Waals surface area contributed by atoms with Crippen molar-refractivity contribution in [3.8, 4) is 5.75 Å². The van der Waals surface area contributed by atoms with Gasteiger partial charge in [-0.3, -0.25) is 0 Å². The van der Waals surface area contributed by atoms with Crippen LogP contribution in [0.3, 0.4) is 0 Å². The lowest BCUT2D eigenvalue weighted by molar-refractivity contribution is 0.198. The normalized spacial score (nSPS) is 12.7. The van der Waals surface area contributed by atoms with Gasteiger partial charge in [-0.05, 0) is 24.6 Å². The van der Waals surface area contributed by atoms with Crippen molar-refractivity contribution in [1.29, 1.82) is 0 Å². The maximum absolute atomic E-state index is 13.0. The highest BCUT2D eigenvalue weighted by Crippen LogP contribution is 2.21. The molecule has 0 aromatic heterocycles. The Morgan fingerprint density at radius 2 is 2.17 bits per heavy atom. The molecule has 1 rings (SSSR count). The van der Waals surface area contributed by atoms with Crippen molar-refractivity contribution in [1.82, 2.24) is 0 Å². The second-order valence-electron chi connectivity index (χ2n) is 2.57. The number of benzene rings is 1. The molecule has 0 aliphatic carbocycles. The fourth-order valence-electron chi connectivity index (χ4n) is 0.942. The van der Waals surface area contributed by atoms with E-state index in [0.29, 0.717) is 5.56 Å². The summed E-state index contributed by atoms with van der Waals surface area (Å²) in [7, 11) is 1.40. The monoisotopic (exact) mass is 170 g/mol. The zero-order valence-corrected chi connectivity index (χ0v) is 7.04. The maximum Gasteiger partial charge on any atom is 0.165 e. The number of rotatable bonds is 2. The molecular weight excluding hydrogens is 159 g/mol. The van der Waals surface area contributed by atoms with E-state index in [4.69, 9.17) is 9.84 Å².